The van der Waals surface area contributed by atoms with Crippen LogP contribution in [0.4, 0.5) is 0 Å². The minimum absolute atomic E-state index is 0.418. The first-order valence-corrected chi connectivity index (χ1v) is 6.97. The Morgan fingerprint density at radius 1 is 1.12 bits per heavy atom. The van der Waals surface area contributed by atoms with Crippen LogP contribution in [0, 0.1) is 5.92 Å². The molecule has 1 fully saturated rings. The summed E-state index contributed by atoms with van der Waals surface area (Å²) in [5.74, 6) is 0.830. The third kappa shape index (κ3) is 6.72. The fraction of sp³-hybridized carbons (Fsp3) is 1.00. The molecule has 0 amide bonds. The summed E-state index contributed by atoms with van der Waals surface area (Å²) in [6, 6.07) is 0. The molecule has 0 aromatic carbocycles. The maximum Gasteiger partial charge on any atom is 0.0700 e. The van der Waals surface area contributed by atoms with Gasteiger partial charge in [-0.05, 0) is 31.6 Å². The van der Waals surface area contributed by atoms with E-state index in [1.165, 1.54) is 38.5 Å². The third-order valence-electron chi connectivity index (χ3n) is 3.30. The number of rotatable bonds is 7. The van der Waals surface area contributed by atoms with Crippen LogP contribution >= 0.6 is 11.6 Å². The van der Waals surface area contributed by atoms with Gasteiger partial charge in [-0.25, -0.2) is 0 Å². The lowest BCUT2D eigenvalue weighted by molar-refractivity contribution is 0.0669. The zero-order chi connectivity index (χ0) is 11.6. The van der Waals surface area contributed by atoms with Crippen LogP contribution in [0.5, 0.6) is 0 Å². The first-order valence-electron chi connectivity index (χ1n) is 6.53. The Kier molecular flexibility index (Phi) is 8.26. The highest BCUT2D eigenvalue weighted by molar-refractivity contribution is 6.20. The van der Waals surface area contributed by atoms with E-state index in [9.17, 15) is 0 Å². The van der Waals surface area contributed by atoms with Crippen molar-refractivity contribution in [2.45, 2.75) is 50.3 Å². The standard InChI is InChI=1S/C13H25ClO2/c1-15-9-10-16-8-4-6-12-5-2-3-7-13(14)11-12/h12-13H,2-11H2,1H3. The van der Waals surface area contributed by atoms with Gasteiger partial charge in [-0.1, -0.05) is 19.3 Å². The molecular weight excluding hydrogens is 224 g/mol. The smallest absolute Gasteiger partial charge is 0.0700 e. The largest absolute Gasteiger partial charge is 0.382 e. The van der Waals surface area contributed by atoms with E-state index in [1.807, 2.05) is 0 Å². The van der Waals surface area contributed by atoms with Crippen LogP contribution < -0.4 is 0 Å². The van der Waals surface area contributed by atoms with Gasteiger partial charge in [-0.15, -0.1) is 11.6 Å². The van der Waals surface area contributed by atoms with Crippen molar-refractivity contribution in [2.24, 2.45) is 5.92 Å². The third-order valence-corrected chi connectivity index (χ3v) is 3.70. The molecule has 0 saturated heterocycles. The summed E-state index contributed by atoms with van der Waals surface area (Å²) in [5.41, 5.74) is 0. The Morgan fingerprint density at radius 3 is 2.75 bits per heavy atom. The SMILES string of the molecule is COCCOCCCC1CCCCC(Cl)C1. The minimum atomic E-state index is 0.418. The van der Waals surface area contributed by atoms with E-state index in [0.29, 0.717) is 12.0 Å². The van der Waals surface area contributed by atoms with E-state index in [0.717, 1.165) is 25.6 Å². The molecule has 0 N–H and O–H groups in total. The normalized spacial score (nSPS) is 26.6. The quantitative estimate of drug-likeness (QED) is 0.389. The maximum absolute atomic E-state index is 6.25. The van der Waals surface area contributed by atoms with Gasteiger partial charge in [0.2, 0.25) is 0 Å². The zero-order valence-corrected chi connectivity index (χ0v) is 11.2. The van der Waals surface area contributed by atoms with E-state index < -0.39 is 0 Å². The first kappa shape index (κ1) is 14.3. The Labute approximate surface area is 105 Å². The summed E-state index contributed by atoms with van der Waals surface area (Å²) in [7, 11) is 1.70. The zero-order valence-electron chi connectivity index (χ0n) is 10.4. The van der Waals surface area contributed by atoms with E-state index in [-0.39, 0.29) is 0 Å². The minimum Gasteiger partial charge on any atom is -0.382 e. The van der Waals surface area contributed by atoms with Crippen molar-refractivity contribution in [1.82, 2.24) is 0 Å². The molecule has 2 unspecified atom stereocenters. The highest BCUT2D eigenvalue weighted by atomic mass is 35.5. The van der Waals surface area contributed by atoms with Crippen LogP contribution in [-0.2, 0) is 9.47 Å². The van der Waals surface area contributed by atoms with Gasteiger partial charge in [-0.2, -0.15) is 0 Å². The van der Waals surface area contributed by atoms with Gasteiger partial charge in [0.05, 0.1) is 13.2 Å². The van der Waals surface area contributed by atoms with Crippen LogP contribution in [0.2, 0.25) is 0 Å². The molecule has 0 bridgehead atoms. The van der Waals surface area contributed by atoms with Crippen molar-refractivity contribution >= 4 is 11.6 Å². The number of halogens is 1. The molecular formula is C13H25ClO2. The highest BCUT2D eigenvalue weighted by Gasteiger charge is 2.17. The van der Waals surface area contributed by atoms with E-state index in [4.69, 9.17) is 21.1 Å². The average molecular weight is 249 g/mol. The number of hydrogen-bond donors (Lipinski definition) is 0. The molecule has 3 heteroatoms. The Bertz CT molecular complexity index is 164. The lowest BCUT2D eigenvalue weighted by atomic mass is 9.95. The molecule has 0 heterocycles. The second kappa shape index (κ2) is 9.26. The van der Waals surface area contributed by atoms with Crippen LogP contribution in [-0.4, -0.2) is 32.3 Å². The molecule has 2 nitrogen and oxygen atoms in total. The lowest BCUT2D eigenvalue weighted by Crippen LogP contribution is -2.08. The molecule has 0 aromatic rings. The van der Waals surface area contributed by atoms with Crippen molar-refractivity contribution in [3.63, 3.8) is 0 Å². The van der Waals surface area contributed by atoms with E-state index in [2.05, 4.69) is 0 Å². The molecule has 2 atom stereocenters. The first-order chi connectivity index (χ1) is 7.83. The summed E-state index contributed by atoms with van der Waals surface area (Å²) < 4.78 is 10.4. The number of hydrogen-bond acceptors (Lipinski definition) is 2. The van der Waals surface area contributed by atoms with Crippen LogP contribution in [0.25, 0.3) is 0 Å². The summed E-state index contributed by atoms with van der Waals surface area (Å²) in [6.07, 6.45) is 8.89. The second-order valence-electron chi connectivity index (χ2n) is 4.73. The molecule has 1 aliphatic rings. The number of ether oxygens (including phenoxy) is 2. The fourth-order valence-corrected chi connectivity index (χ4v) is 2.78. The summed E-state index contributed by atoms with van der Waals surface area (Å²) in [6.45, 7) is 2.29. The molecule has 1 aliphatic carbocycles. The van der Waals surface area contributed by atoms with Crippen molar-refractivity contribution in [3.05, 3.63) is 0 Å². The molecule has 0 radical (unpaired) electrons. The monoisotopic (exact) mass is 248 g/mol. The van der Waals surface area contributed by atoms with Crippen LogP contribution in [0.1, 0.15) is 44.9 Å². The molecule has 1 rings (SSSR count). The molecule has 0 aliphatic heterocycles. The number of methoxy groups -OCH3 is 1. The topological polar surface area (TPSA) is 18.5 Å². The Balaban J connectivity index is 1.98. The highest BCUT2D eigenvalue weighted by Crippen LogP contribution is 2.29. The van der Waals surface area contributed by atoms with Gasteiger partial charge < -0.3 is 9.47 Å². The number of alkyl halides is 1. The average Bonchev–Trinajstić information content (AvgIpc) is 2.48. The van der Waals surface area contributed by atoms with Crippen molar-refractivity contribution < 1.29 is 9.47 Å². The van der Waals surface area contributed by atoms with Gasteiger partial charge >= 0.3 is 0 Å². The molecule has 1 saturated carbocycles. The predicted octanol–water partition coefficient (Wildman–Crippen LogP) is 3.62. The van der Waals surface area contributed by atoms with E-state index >= 15 is 0 Å². The summed E-state index contributed by atoms with van der Waals surface area (Å²) in [4.78, 5) is 0. The van der Waals surface area contributed by atoms with Gasteiger partial charge in [0.15, 0.2) is 0 Å². The van der Waals surface area contributed by atoms with E-state index in [1.54, 1.807) is 7.11 Å². The summed E-state index contributed by atoms with van der Waals surface area (Å²) >= 11 is 6.25. The van der Waals surface area contributed by atoms with Gasteiger partial charge in [0.25, 0.3) is 0 Å². The molecule has 96 valence electrons. The second-order valence-corrected chi connectivity index (χ2v) is 5.35. The molecule has 16 heavy (non-hydrogen) atoms. The Morgan fingerprint density at radius 2 is 1.94 bits per heavy atom. The summed E-state index contributed by atoms with van der Waals surface area (Å²) in [5, 5.41) is 0.418. The fourth-order valence-electron chi connectivity index (χ4n) is 2.38. The Hall–Kier alpha value is 0.210. The lowest BCUT2D eigenvalue weighted by Gasteiger charge is -2.15. The van der Waals surface area contributed by atoms with Gasteiger partial charge in [-0.3, -0.25) is 0 Å². The van der Waals surface area contributed by atoms with Gasteiger partial charge in [0, 0.05) is 19.1 Å². The van der Waals surface area contributed by atoms with Crippen molar-refractivity contribution in [1.29, 1.82) is 0 Å². The predicted molar refractivity (Wildman–Crippen MR) is 68.1 cm³/mol. The molecule has 0 aromatic heterocycles. The van der Waals surface area contributed by atoms with Crippen molar-refractivity contribution in [3.8, 4) is 0 Å². The van der Waals surface area contributed by atoms with Crippen molar-refractivity contribution in [2.75, 3.05) is 26.9 Å². The van der Waals surface area contributed by atoms with Crippen LogP contribution in [0.15, 0.2) is 0 Å². The molecule has 0 spiro atoms. The maximum atomic E-state index is 6.25. The van der Waals surface area contributed by atoms with Crippen LogP contribution in [0.3, 0.4) is 0 Å². The van der Waals surface area contributed by atoms with Gasteiger partial charge in [0.1, 0.15) is 0 Å².